The van der Waals surface area contributed by atoms with Gasteiger partial charge in [-0.05, 0) is 19.4 Å². The molecule has 0 aliphatic carbocycles. The molecule has 7 nitrogen and oxygen atoms in total. The Bertz CT molecular complexity index is 648. The minimum absolute atomic E-state index is 0.0192. The summed E-state index contributed by atoms with van der Waals surface area (Å²) in [6.07, 6.45) is 0. The summed E-state index contributed by atoms with van der Waals surface area (Å²) in [4.78, 5) is 23.5. The zero-order valence-corrected chi connectivity index (χ0v) is 13.5. The van der Waals surface area contributed by atoms with Crippen molar-refractivity contribution >= 4 is 17.8 Å². The van der Waals surface area contributed by atoms with Crippen molar-refractivity contribution in [3.63, 3.8) is 0 Å². The maximum absolute atomic E-state index is 11.1. The van der Waals surface area contributed by atoms with Crippen LogP contribution in [0.5, 0.6) is 0 Å². The van der Waals surface area contributed by atoms with Crippen molar-refractivity contribution in [1.82, 2.24) is 15.0 Å². The van der Waals surface area contributed by atoms with Crippen molar-refractivity contribution in [1.29, 1.82) is 0 Å². The highest BCUT2D eigenvalue weighted by Crippen LogP contribution is 2.07. The second kappa shape index (κ2) is 8.19. The second-order valence-electron chi connectivity index (χ2n) is 5.26. The third kappa shape index (κ3) is 5.99. The molecule has 122 valence electrons. The van der Waals surface area contributed by atoms with E-state index in [-0.39, 0.29) is 17.9 Å². The van der Waals surface area contributed by atoms with E-state index in [2.05, 4.69) is 25.6 Å². The molecular formula is C16H21N5O2. The van der Waals surface area contributed by atoms with Gasteiger partial charge in [0, 0.05) is 13.0 Å². The Labute approximate surface area is 135 Å². The van der Waals surface area contributed by atoms with Gasteiger partial charge in [-0.25, -0.2) is 0 Å². The van der Waals surface area contributed by atoms with E-state index in [1.54, 1.807) is 6.92 Å². The number of carbonyl (C=O) groups is 1. The summed E-state index contributed by atoms with van der Waals surface area (Å²) in [6, 6.07) is 10.0. The normalized spacial score (nSPS) is 11.8. The molecule has 0 radical (unpaired) electrons. The maximum Gasteiger partial charge on any atom is 0.234 e. The molecule has 2 rings (SSSR count). The average Bonchev–Trinajstić information content (AvgIpc) is 2.46. The molecule has 1 amide bonds. The number of aryl methyl sites for hydroxylation is 1. The van der Waals surface area contributed by atoms with Crippen LogP contribution < -0.4 is 10.6 Å². The molecule has 1 aromatic heterocycles. The van der Waals surface area contributed by atoms with Crippen molar-refractivity contribution < 1.29 is 9.53 Å². The van der Waals surface area contributed by atoms with Gasteiger partial charge in [-0.15, -0.1) is 0 Å². The zero-order chi connectivity index (χ0) is 16.7. The molecule has 1 unspecified atom stereocenters. The molecule has 1 aromatic carbocycles. The number of amides is 1. The Morgan fingerprint density at radius 3 is 2.57 bits per heavy atom. The number of hydrogen-bond acceptors (Lipinski definition) is 6. The van der Waals surface area contributed by atoms with E-state index in [0.717, 1.165) is 5.56 Å². The minimum Gasteiger partial charge on any atom is -0.375 e. The van der Waals surface area contributed by atoms with E-state index in [1.807, 2.05) is 37.3 Å². The fraction of sp³-hybridized carbons (Fsp3) is 0.375. The van der Waals surface area contributed by atoms with E-state index in [9.17, 15) is 4.79 Å². The van der Waals surface area contributed by atoms with Gasteiger partial charge in [0.15, 0.2) is 0 Å². The summed E-state index contributed by atoms with van der Waals surface area (Å²) in [6.45, 7) is 6.19. The fourth-order valence-corrected chi connectivity index (χ4v) is 1.95. The number of carbonyl (C=O) groups excluding carboxylic acids is 1. The maximum atomic E-state index is 11.1. The van der Waals surface area contributed by atoms with Crippen molar-refractivity contribution in [2.24, 2.45) is 0 Å². The number of benzene rings is 1. The van der Waals surface area contributed by atoms with E-state index in [0.29, 0.717) is 25.0 Å². The van der Waals surface area contributed by atoms with E-state index < -0.39 is 0 Å². The Morgan fingerprint density at radius 1 is 1.17 bits per heavy atom. The molecule has 0 aliphatic heterocycles. The second-order valence-corrected chi connectivity index (χ2v) is 5.26. The summed E-state index contributed by atoms with van der Waals surface area (Å²) in [5.74, 6) is 0.964. The minimum atomic E-state index is -0.221. The largest absolute Gasteiger partial charge is 0.375 e. The van der Waals surface area contributed by atoms with Gasteiger partial charge in [0.25, 0.3) is 0 Å². The first-order valence-corrected chi connectivity index (χ1v) is 7.41. The monoisotopic (exact) mass is 315 g/mol. The van der Waals surface area contributed by atoms with Gasteiger partial charge in [-0.1, -0.05) is 30.3 Å². The highest BCUT2D eigenvalue weighted by molar-refractivity contribution is 5.86. The van der Waals surface area contributed by atoms with Crippen LogP contribution in [0.2, 0.25) is 0 Å². The first-order chi connectivity index (χ1) is 11.0. The molecule has 2 N–H and O–H groups in total. The van der Waals surface area contributed by atoms with Crippen molar-refractivity contribution in [3.05, 3.63) is 41.7 Å². The number of aromatic nitrogens is 3. The average molecular weight is 315 g/mol. The van der Waals surface area contributed by atoms with Gasteiger partial charge in [0.05, 0.1) is 13.2 Å². The topological polar surface area (TPSA) is 89.0 Å². The summed E-state index contributed by atoms with van der Waals surface area (Å²) in [5.41, 5.74) is 1.13. The van der Waals surface area contributed by atoms with E-state index in [4.69, 9.17) is 4.74 Å². The van der Waals surface area contributed by atoms with Crippen LogP contribution in [-0.4, -0.2) is 33.5 Å². The van der Waals surface area contributed by atoms with E-state index in [1.165, 1.54) is 6.92 Å². The zero-order valence-electron chi connectivity index (χ0n) is 13.5. The standard InChI is InChI=1S/C16H21N5O2/c1-11(9-23-10-14-7-5-4-6-8-14)17-15-18-12(2)19-16(21-15)20-13(3)22/h4-8,11H,9-10H2,1-3H3,(H2,17,18,19,20,21,22). The molecule has 0 spiro atoms. The lowest BCUT2D eigenvalue weighted by Crippen LogP contribution is -2.24. The third-order valence-corrected chi connectivity index (χ3v) is 2.89. The van der Waals surface area contributed by atoms with Crippen LogP contribution in [0.3, 0.4) is 0 Å². The first-order valence-electron chi connectivity index (χ1n) is 7.41. The number of anilines is 2. The first kappa shape index (κ1) is 16.8. The smallest absolute Gasteiger partial charge is 0.234 e. The number of hydrogen-bond donors (Lipinski definition) is 2. The SMILES string of the molecule is CC(=O)Nc1nc(C)nc(NC(C)COCc2ccccc2)n1. The van der Waals surface area contributed by atoms with Gasteiger partial charge >= 0.3 is 0 Å². The van der Waals surface area contributed by atoms with Crippen LogP contribution in [0.25, 0.3) is 0 Å². The highest BCUT2D eigenvalue weighted by atomic mass is 16.5. The molecule has 0 aliphatic rings. The summed E-state index contributed by atoms with van der Waals surface area (Å²) in [7, 11) is 0. The Hall–Kier alpha value is -2.54. The lowest BCUT2D eigenvalue weighted by Gasteiger charge is -2.15. The molecule has 2 aromatic rings. The van der Waals surface area contributed by atoms with Crippen molar-refractivity contribution in [2.45, 2.75) is 33.4 Å². The van der Waals surface area contributed by atoms with Crippen LogP contribution in [-0.2, 0) is 16.1 Å². The number of nitrogens with zero attached hydrogens (tertiary/aromatic N) is 3. The number of ether oxygens (including phenoxy) is 1. The predicted octanol–water partition coefficient (Wildman–Crippen LogP) is 2.16. The lowest BCUT2D eigenvalue weighted by atomic mass is 10.2. The molecule has 0 saturated heterocycles. The molecular weight excluding hydrogens is 294 g/mol. The van der Waals surface area contributed by atoms with Gasteiger partial charge in [0.1, 0.15) is 5.82 Å². The molecule has 0 saturated carbocycles. The Kier molecular flexibility index (Phi) is 5.99. The van der Waals surface area contributed by atoms with Crippen LogP contribution in [0.4, 0.5) is 11.9 Å². The van der Waals surface area contributed by atoms with Crippen molar-refractivity contribution in [2.75, 3.05) is 17.2 Å². The molecule has 7 heteroatoms. The number of nitrogens with one attached hydrogen (secondary N) is 2. The molecule has 23 heavy (non-hydrogen) atoms. The van der Waals surface area contributed by atoms with Gasteiger partial charge in [0.2, 0.25) is 17.8 Å². The fourth-order valence-electron chi connectivity index (χ4n) is 1.95. The Morgan fingerprint density at radius 2 is 1.87 bits per heavy atom. The van der Waals surface area contributed by atoms with E-state index >= 15 is 0 Å². The Balaban J connectivity index is 1.85. The summed E-state index contributed by atoms with van der Waals surface area (Å²) < 4.78 is 5.68. The van der Waals surface area contributed by atoms with Gasteiger partial charge in [-0.2, -0.15) is 15.0 Å². The van der Waals surface area contributed by atoms with Crippen LogP contribution >= 0.6 is 0 Å². The van der Waals surface area contributed by atoms with Gasteiger partial charge in [-0.3, -0.25) is 10.1 Å². The van der Waals surface area contributed by atoms with Gasteiger partial charge < -0.3 is 10.1 Å². The molecule has 1 heterocycles. The summed E-state index contributed by atoms with van der Waals surface area (Å²) >= 11 is 0. The highest BCUT2D eigenvalue weighted by Gasteiger charge is 2.08. The van der Waals surface area contributed by atoms with Crippen LogP contribution in [0.1, 0.15) is 25.2 Å². The quantitative estimate of drug-likeness (QED) is 0.814. The third-order valence-electron chi connectivity index (χ3n) is 2.89. The van der Waals surface area contributed by atoms with Crippen LogP contribution in [0.15, 0.2) is 30.3 Å². The molecule has 0 bridgehead atoms. The van der Waals surface area contributed by atoms with Crippen molar-refractivity contribution in [3.8, 4) is 0 Å². The number of rotatable bonds is 7. The summed E-state index contributed by atoms with van der Waals surface area (Å²) in [5, 5.41) is 5.70. The molecule has 1 atom stereocenters. The lowest BCUT2D eigenvalue weighted by molar-refractivity contribution is -0.114. The van der Waals surface area contributed by atoms with Crippen LogP contribution in [0, 0.1) is 6.92 Å². The predicted molar refractivity (Wildman–Crippen MR) is 88.1 cm³/mol. The molecule has 0 fully saturated rings.